The molecule has 2 atom stereocenters. The number of aliphatic imine (C=N–C) groups is 1. The van der Waals surface area contributed by atoms with E-state index in [0.717, 1.165) is 17.0 Å². The molecule has 1 aromatic carbocycles. The number of esters is 1. The third-order valence-corrected chi connectivity index (χ3v) is 6.12. The van der Waals surface area contributed by atoms with Gasteiger partial charge in [-0.1, -0.05) is 50.0 Å². The summed E-state index contributed by atoms with van der Waals surface area (Å²) in [6.45, 7) is 8.16. The van der Waals surface area contributed by atoms with Crippen LogP contribution in [0.25, 0.3) is 0 Å². The first-order chi connectivity index (χ1) is 13.2. The number of carbonyl (C=O) groups excluding carboxylic acids is 2. The van der Waals surface area contributed by atoms with Crippen molar-refractivity contribution < 1.29 is 14.3 Å². The molecular weight excluding hydrogens is 397 g/mol. The molecule has 0 N–H and O–H groups in total. The van der Waals surface area contributed by atoms with Gasteiger partial charge < -0.3 is 4.74 Å². The lowest BCUT2D eigenvalue weighted by Crippen LogP contribution is -2.40. The van der Waals surface area contributed by atoms with Gasteiger partial charge in [0.15, 0.2) is 5.78 Å². The lowest BCUT2D eigenvalue weighted by molar-refractivity contribution is -0.146. The SMILES string of the molecule is CCOC(=O)C1C(CC)=NC2=C(C(=O)CC(C)(C)C2)[C@@H]1c1ccc(Cl)c(Cl)c1. The fourth-order valence-corrected chi connectivity index (χ4v) is 4.53. The van der Waals surface area contributed by atoms with Crippen LogP contribution in [0.4, 0.5) is 0 Å². The van der Waals surface area contributed by atoms with Gasteiger partial charge in [0.25, 0.3) is 0 Å². The Labute approximate surface area is 176 Å². The number of halogens is 2. The monoisotopic (exact) mass is 421 g/mol. The number of nitrogens with zero attached hydrogens (tertiary/aromatic N) is 1. The second-order valence-electron chi connectivity index (χ2n) is 8.14. The molecule has 3 rings (SSSR count). The van der Waals surface area contributed by atoms with Gasteiger partial charge in [-0.05, 0) is 42.9 Å². The number of hydrogen-bond acceptors (Lipinski definition) is 4. The summed E-state index contributed by atoms with van der Waals surface area (Å²) in [6.07, 6.45) is 1.73. The van der Waals surface area contributed by atoms with Crippen LogP contribution < -0.4 is 0 Å². The molecule has 0 aromatic heterocycles. The van der Waals surface area contributed by atoms with Crippen LogP contribution >= 0.6 is 23.2 Å². The minimum absolute atomic E-state index is 0.0375. The first-order valence-corrected chi connectivity index (χ1v) is 10.4. The second-order valence-corrected chi connectivity index (χ2v) is 8.95. The summed E-state index contributed by atoms with van der Waals surface area (Å²) < 4.78 is 5.36. The molecule has 0 spiro atoms. The molecular formula is C22H25Cl2NO3. The Morgan fingerprint density at radius 2 is 1.93 bits per heavy atom. The number of benzene rings is 1. The predicted octanol–water partition coefficient (Wildman–Crippen LogP) is 5.76. The van der Waals surface area contributed by atoms with Crippen LogP contribution in [0.3, 0.4) is 0 Å². The second kappa shape index (κ2) is 8.00. The highest BCUT2D eigenvalue weighted by Crippen LogP contribution is 2.48. The maximum absolute atomic E-state index is 13.2. The van der Waals surface area contributed by atoms with E-state index in [1.807, 2.05) is 13.0 Å². The van der Waals surface area contributed by atoms with E-state index in [4.69, 9.17) is 32.9 Å². The van der Waals surface area contributed by atoms with E-state index >= 15 is 0 Å². The molecule has 0 saturated heterocycles. The first-order valence-electron chi connectivity index (χ1n) is 9.63. The van der Waals surface area contributed by atoms with E-state index in [2.05, 4.69) is 13.8 Å². The van der Waals surface area contributed by atoms with Crippen LogP contribution in [-0.2, 0) is 14.3 Å². The zero-order chi connectivity index (χ0) is 20.6. The molecule has 1 aromatic rings. The van der Waals surface area contributed by atoms with Crippen molar-refractivity contribution in [2.75, 3.05) is 6.61 Å². The van der Waals surface area contributed by atoms with Crippen LogP contribution in [-0.4, -0.2) is 24.1 Å². The highest BCUT2D eigenvalue weighted by atomic mass is 35.5. The summed E-state index contributed by atoms with van der Waals surface area (Å²) in [6, 6.07) is 5.29. The Kier molecular flexibility index (Phi) is 6.02. The standard InChI is InChI=1S/C22H25Cl2NO3/c1-5-15-20(21(27)28-6-2)18(12-7-8-13(23)14(24)9-12)19-16(25-15)10-22(3,4)11-17(19)26/h7-9,18,20H,5-6,10-11H2,1-4H3/t18-,20?/m0/s1. The number of allylic oxidation sites excluding steroid dienone is 2. The highest BCUT2D eigenvalue weighted by Gasteiger charge is 2.46. The van der Waals surface area contributed by atoms with E-state index in [0.29, 0.717) is 34.9 Å². The number of Topliss-reactive ketones (excluding diaryl/α,β-unsaturated/α-hetero) is 1. The Hall–Kier alpha value is -1.65. The van der Waals surface area contributed by atoms with Crippen molar-refractivity contribution in [3.05, 3.63) is 45.1 Å². The van der Waals surface area contributed by atoms with E-state index < -0.39 is 11.8 Å². The fourth-order valence-electron chi connectivity index (χ4n) is 4.22. The van der Waals surface area contributed by atoms with Crippen LogP contribution in [0.2, 0.25) is 10.0 Å². The summed E-state index contributed by atoms with van der Waals surface area (Å²) in [7, 11) is 0. The quantitative estimate of drug-likeness (QED) is 0.580. The van der Waals surface area contributed by atoms with Gasteiger partial charge in [-0.25, -0.2) is 0 Å². The lowest BCUT2D eigenvalue weighted by atomic mass is 9.66. The van der Waals surface area contributed by atoms with E-state index in [9.17, 15) is 9.59 Å². The molecule has 0 bridgehead atoms. The Balaban J connectivity index is 2.22. The van der Waals surface area contributed by atoms with E-state index in [1.165, 1.54) is 0 Å². The van der Waals surface area contributed by atoms with Crippen molar-refractivity contribution in [3.63, 3.8) is 0 Å². The van der Waals surface area contributed by atoms with Crippen LogP contribution in [0.5, 0.6) is 0 Å². The summed E-state index contributed by atoms with van der Waals surface area (Å²) in [5.74, 6) is -1.41. The third kappa shape index (κ3) is 3.90. The molecule has 0 radical (unpaired) electrons. The highest BCUT2D eigenvalue weighted by molar-refractivity contribution is 6.42. The van der Waals surface area contributed by atoms with Gasteiger partial charge in [-0.2, -0.15) is 0 Å². The maximum Gasteiger partial charge on any atom is 0.315 e. The minimum Gasteiger partial charge on any atom is -0.465 e. The van der Waals surface area contributed by atoms with Crippen molar-refractivity contribution in [2.45, 2.75) is 52.9 Å². The number of rotatable bonds is 4. The zero-order valence-corrected chi connectivity index (χ0v) is 18.2. The van der Waals surface area contributed by atoms with Crippen LogP contribution in [0.1, 0.15) is 58.4 Å². The van der Waals surface area contributed by atoms with Crippen molar-refractivity contribution in [1.29, 1.82) is 0 Å². The number of carbonyl (C=O) groups is 2. The Morgan fingerprint density at radius 1 is 1.21 bits per heavy atom. The van der Waals surface area contributed by atoms with Gasteiger partial charge in [-0.15, -0.1) is 0 Å². The van der Waals surface area contributed by atoms with Crippen molar-refractivity contribution in [2.24, 2.45) is 16.3 Å². The molecule has 0 amide bonds. The molecule has 1 aliphatic heterocycles. The molecule has 2 aliphatic rings. The number of ketones is 1. The van der Waals surface area contributed by atoms with Gasteiger partial charge in [-0.3, -0.25) is 14.6 Å². The Morgan fingerprint density at radius 3 is 2.54 bits per heavy atom. The fraction of sp³-hybridized carbons (Fsp3) is 0.500. The molecule has 0 fully saturated rings. The predicted molar refractivity (Wildman–Crippen MR) is 112 cm³/mol. The molecule has 0 saturated carbocycles. The van der Waals surface area contributed by atoms with Gasteiger partial charge in [0.1, 0.15) is 5.92 Å². The zero-order valence-electron chi connectivity index (χ0n) is 16.6. The van der Waals surface area contributed by atoms with Gasteiger partial charge in [0.05, 0.1) is 16.7 Å². The molecule has 28 heavy (non-hydrogen) atoms. The number of ether oxygens (including phenoxy) is 1. The average Bonchev–Trinajstić information content (AvgIpc) is 2.61. The summed E-state index contributed by atoms with van der Waals surface area (Å²) in [4.78, 5) is 30.9. The van der Waals surface area contributed by atoms with Crippen molar-refractivity contribution >= 4 is 40.7 Å². The molecule has 1 heterocycles. The average molecular weight is 422 g/mol. The lowest BCUT2D eigenvalue weighted by Gasteiger charge is -2.39. The third-order valence-electron chi connectivity index (χ3n) is 5.38. The molecule has 150 valence electrons. The minimum atomic E-state index is -0.633. The van der Waals surface area contributed by atoms with E-state index in [1.54, 1.807) is 19.1 Å². The summed E-state index contributed by atoms with van der Waals surface area (Å²) >= 11 is 12.4. The van der Waals surface area contributed by atoms with Gasteiger partial charge >= 0.3 is 5.97 Å². The molecule has 4 nitrogen and oxygen atoms in total. The van der Waals surface area contributed by atoms with Crippen LogP contribution in [0.15, 0.2) is 34.5 Å². The molecule has 6 heteroatoms. The van der Waals surface area contributed by atoms with Crippen molar-refractivity contribution in [1.82, 2.24) is 0 Å². The Bertz CT molecular complexity index is 886. The van der Waals surface area contributed by atoms with Crippen molar-refractivity contribution in [3.8, 4) is 0 Å². The summed E-state index contributed by atoms with van der Waals surface area (Å²) in [5, 5.41) is 0.830. The van der Waals surface area contributed by atoms with Gasteiger partial charge in [0.2, 0.25) is 0 Å². The smallest absolute Gasteiger partial charge is 0.315 e. The molecule has 1 unspecified atom stereocenters. The summed E-state index contributed by atoms with van der Waals surface area (Å²) in [5.41, 5.74) is 2.78. The largest absolute Gasteiger partial charge is 0.465 e. The maximum atomic E-state index is 13.2. The first kappa shape index (κ1) is 21.1. The van der Waals surface area contributed by atoms with Crippen LogP contribution in [0, 0.1) is 11.3 Å². The topological polar surface area (TPSA) is 55.7 Å². The van der Waals surface area contributed by atoms with Gasteiger partial charge in [0, 0.05) is 29.3 Å². The molecule has 1 aliphatic carbocycles. The normalized spacial score (nSPS) is 23.9. The van der Waals surface area contributed by atoms with E-state index in [-0.39, 0.29) is 23.8 Å². The number of hydrogen-bond donors (Lipinski definition) is 0.